The summed E-state index contributed by atoms with van der Waals surface area (Å²) in [6.45, 7) is 0.626. The summed E-state index contributed by atoms with van der Waals surface area (Å²) in [4.78, 5) is 38.9. The monoisotopic (exact) mass is 726 g/mol. The van der Waals surface area contributed by atoms with Gasteiger partial charge in [0.25, 0.3) is 11.8 Å². The molecule has 2 atom stereocenters. The lowest BCUT2D eigenvalue weighted by molar-refractivity contribution is 0.0776. The minimum absolute atomic E-state index is 0.0325. The molecule has 1 saturated heterocycles. The zero-order valence-electron chi connectivity index (χ0n) is 27.2. The second kappa shape index (κ2) is 12.3. The van der Waals surface area contributed by atoms with Gasteiger partial charge in [-0.05, 0) is 90.9 Å². The number of pyridine rings is 2. The molecule has 1 fully saturated rings. The lowest BCUT2D eigenvalue weighted by Crippen LogP contribution is -2.22. The van der Waals surface area contributed by atoms with Crippen LogP contribution in [0.4, 0.5) is 14.6 Å². The van der Waals surface area contributed by atoms with Crippen LogP contribution in [0.1, 0.15) is 69.8 Å². The van der Waals surface area contributed by atoms with Gasteiger partial charge >= 0.3 is 5.76 Å². The van der Waals surface area contributed by atoms with E-state index in [2.05, 4.69) is 20.5 Å². The molecular weight excluding hydrogens is 698 g/mol. The molecule has 6 heterocycles. The maximum atomic E-state index is 15.3. The number of fused-ring (bicyclic) bond motifs is 5. The van der Waals surface area contributed by atoms with Crippen molar-refractivity contribution in [1.82, 2.24) is 25.1 Å². The van der Waals surface area contributed by atoms with Crippen molar-refractivity contribution in [2.45, 2.75) is 50.6 Å². The average Bonchev–Trinajstić information content (AvgIpc) is 3.96. The number of methoxy groups -OCH3 is 1. The average molecular weight is 727 g/mol. The zero-order chi connectivity index (χ0) is 35.0. The van der Waals surface area contributed by atoms with Crippen molar-refractivity contribution >= 4 is 44.7 Å². The Labute approximate surface area is 298 Å². The fourth-order valence-corrected chi connectivity index (χ4v) is 9.26. The molecule has 0 spiro atoms. The van der Waals surface area contributed by atoms with E-state index in [1.54, 1.807) is 24.4 Å². The number of rotatable bonds is 8. The highest BCUT2D eigenvalue weighted by molar-refractivity contribution is 7.23. The van der Waals surface area contributed by atoms with Gasteiger partial charge in [-0.3, -0.25) is 9.78 Å². The van der Waals surface area contributed by atoms with Crippen LogP contribution in [-0.2, 0) is 19.3 Å². The first-order chi connectivity index (χ1) is 24.8. The van der Waals surface area contributed by atoms with E-state index < -0.39 is 11.6 Å². The molecule has 10 nitrogen and oxygen atoms in total. The highest BCUT2D eigenvalue weighted by atomic mass is 35.5. The smallest absolute Gasteiger partial charge is 0.434 e. The lowest BCUT2D eigenvalue weighted by atomic mass is 9.93. The van der Waals surface area contributed by atoms with Crippen LogP contribution in [0.3, 0.4) is 0 Å². The van der Waals surface area contributed by atoms with Crippen molar-refractivity contribution in [3.05, 3.63) is 110 Å². The van der Waals surface area contributed by atoms with E-state index in [1.807, 2.05) is 17.0 Å². The number of amides is 1. The minimum atomic E-state index is -0.731. The maximum absolute atomic E-state index is 15.3. The Balaban J connectivity index is 1.19. The number of carbonyl (C=O) groups is 1. The number of H-pyrrole nitrogens is 1. The van der Waals surface area contributed by atoms with Crippen LogP contribution < -0.4 is 15.8 Å². The Morgan fingerprint density at radius 3 is 2.73 bits per heavy atom. The number of nitrogens with zero attached hydrogens (tertiary/aromatic N) is 4. The number of hydrogen-bond acceptors (Lipinski definition) is 9. The number of thiophene rings is 1. The second-order valence-electron chi connectivity index (χ2n) is 13.0. The summed E-state index contributed by atoms with van der Waals surface area (Å²) in [6.07, 6.45) is 5.48. The van der Waals surface area contributed by atoms with Crippen molar-refractivity contribution in [3.8, 4) is 27.6 Å². The molecule has 0 saturated carbocycles. The van der Waals surface area contributed by atoms with Gasteiger partial charge in [0, 0.05) is 23.2 Å². The molecule has 3 aliphatic rings. The van der Waals surface area contributed by atoms with Gasteiger partial charge in [-0.2, -0.15) is 0 Å². The Morgan fingerprint density at radius 2 is 1.94 bits per heavy atom. The first-order valence-electron chi connectivity index (χ1n) is 16.7. The van der Waals surface area contributed by atoms with Crippen LogP contribution in [0.25, 0.3) is 32.0 Å². The van der Waals surface area contributed by atoms with Gasteiger partial charge in [0.2, 0.25) is 0 Å². The number of aryl methyl sites for hydroxylation is 2. The van der Waals surface area contributed by atoms with Crippen LogP contribution >= 0.6 is 22.9 Å². The normalized spacial score (nSPS) is 17.6. The number of aromatic amines is 1. The van der Waals surface area contributed by atoms with Crippen molar-refractivity contribution in [3.63, 3.8) is 0 Å². The van der Waals surface area contributed by atoms with Crippen LogP contribution in [0, 0.1) is 11.6 Å². The molecule has 51 heavy (non-hydrogen) atoms. The van der Waals surface area contributed by atoms with E-state index >= 15 is 4.39 Å². The SMILES string of the molecule is COc1c(Cl)cc2c(c1F)CC[C@H]2Nc1nccc2cc(-c3c4c(nc(CCc5ccc(F)cc5)c3-c3n[nH]c(=O)o3)[C@H]3CCCN3C4=O)sc12. The van der Waals surface area contributed by atoms with Gasteiger partial charge < -0.3 is 19.4 Å². The topological polar surface area (TPSA) is 126 Å². The van der Waals surface area contributed by atoms with E-state index in [9.17, 15) is 14.0 Å². The quantitative estimate of drug-likeness (QED) is 0.163. The summed E-state index contributed by atoms with van der Waals surface area (Å²) >= 11 is 7.84. The predicted molar refractivity (Wildman–Crippen MR) is 188 cm³/mol. The van der Waals surface area contributed by atoms with Gasteiger partial charge in [0.15, 0.2) is 11.6 Å². The van der Waals surface area contributed by atoms with Gasteiger partial charge in [-0.15, -0.1) is 16.4 Å². The molecule has 2 aliphatic heterocycles. The largest absolute Gasteiger partial charge is 0.492 e. The molecule has 1 amide bonds. The van der Waals surface area contributed by atoms with Crippen LogP contribution in [0.2, 0.25) is 5.02 Å². The third-order valence-corrected chi connectivity index (χ3v) is 11.6. The number of ether oxygens (including phenoxy) is 1. The van der Waals surface area contributed by atoms with E-state index in [1.165, 1.54) is 30.6 Å². The van der Waals surface area contributed by atoms with Crippen LogP contribution in [-0.4, -0.2) is 44.6 Å². The van der Waals surface area contributed by atoms with Crippen LogP contribution in [0.15, 0.2) is 57.9 Å². The lowest BCUT2D eigenvalue weighted by Gasteiger charge is -2.17. The second-order valence-corrected chi connectivity index (χ2v) is 14.4. The molecule has 258 valence electrons. The molecule has 2 N–H and O–H groups in total. The fraction of sp³-hybridized carbons (Fsp3) is 0.270. The Hall–Kier alpha value is -5.14. The highest BCUT2D eigenvalue weighted by Gasteiger charge is 2.45. The Morgan fingerprint density at radius 1 is 1.10 bits per heavy atom. The maximum Gasteiger partial charge on any atom is 0.434 e. The van der Waals surface area contributed by atoms with E-state index in [4.69, 9.17) is 25.7 Å². The molecule has 0 bridgehead atoms. The summed E-state index contributed by atoms with van der Waals surface area (Å²) in [7, 11) is 1.40. The fourth-order valence-electron chi connectivity index (χ4n) is 7.82. The summed E-state index contributed by atoms with van der Waals surface area (Å²) < 4.78 is 40.6. The summed E-state index contributed by atoms with van der Waals surface area (Å²) in [6, 6.07) is 11.6. The van der Waals surface area contributed by atoms with Crippen molar-refractivity contribution in [2.75, 3.05) is 19.0 Å². The number of aromatic nitrogens is 4. The van der Waals surface area contributed by atoms with Gasteiger partial charge in [-0.25, -0.2) is 23.7 Å². The highest BCUT2D eigenvalue weighted by Crippen LogP contribution is 2.51. The first kappa shape index (κ1) is 31.8. The summed E-state index contributed by atoms with van der Waals surface area (Å²) in [5, 5.41) is 11.2. The van der Waals surface area contributed by atoms with Crippen molar-refractivity contribution in [1.29, 1.82) is 0 Å². The molecular formula is C37H29ClF2N6O4S. The third kappa shape index (κ3) is 5.20. The summed E-state index contributed by atoms with van der Waals surface area (Å²) in [5.74, 6) is -0.938. The number of hydrogen-bond donors (Lipinski definition) is 2. The minimum Gasteiger partial charge on any atom is -0.492 e. The molecule has 2 aromatic carbocycles. The van der Waals surface area contributed by atoms with Crippen LogP contribution in [0.5, 0.6) is 5.75 Å². The van der Waals surface area contributed by atoms with Crippen molar-refractivity contribution < 1.29 is 22.7 Å². The number of carbonyl (C=O) groups excluding carboxylic acids is 1. The predicted octanol–water partition coefficient (Wildman–Crippen LogP) is 7.82. The van der Waals surface area contributed by atoms with Gasteiger partial charge in [0.1, 0.15) is 11.6 Å². The van der Waals surface area contributed by atoms with E-state index in [0.29, 0.717) is 71.7 Å². The number of benzene rings is 2. The third-order valence-electron chi connectivity index (χ3n) is 10.1. The van der Waals surface area contributed by atoms with E-state index in [-0.39, 0.29) is 40.5 Å². The molecule has 4 aromatic heterocycles. The Bertz CT molecular complexity index is 2440. The standard InChI is InChI=1S/C37H29ClF2N6O4S/c1-49-32-22(38)16-21-20(30(32)40)9-11-23(21)43-34-33-18(12-13-41-34)15-26(51-33)28-27(35-44-45-37(48)50-35)24(10-6-17-4-7-19(39)8-5-17)42-31-25-3-2-14-46(25)36(47)29(28)31/h4-5,7-8,12-13,15-16,23,25H,2-3,6,9-11,14H2,1H3,(H,41,43)(H,45,48)/t23-,25-/m1/s1. The van der Waals surface area contributed by atoms with E-state index in [0.717, 1.165) is 38.9 Å². The Kier molecular flexibility index (Phi) is 7.65. The number of halogens is 3. The molecule has 14 heteroatoms. The molecule has 1 aliphatic carbocycles. The molecule has 9 rings (SSSR count). The number of anilines is 1. The zero-order valence-corrected chi connectivity index (χ0v) is 28.8. The molecule has 0 radical (unpaired) electrons. The molecule has 6 aromatic rings. The number of nitrogens with one attached hydrogen (secondary N) is 2. The van der Waals surface area contributed by atoms with Gasteiger partial charge in [0.05, 0.1) is 51.4 Å². The molecule has 0 unspecified atom stereocenters. The van der Waals surface area contributed by atoms with Gasteiger partial charge in [-0.1, -0.05) is 23.7 Å². The van der Waals surface area contributed by atoms with Crippen molar-refractivity contribution in [2.24, 2.45) is 0 Å². The first-order valence-corrected chi connectivity index (χ1v) is 17.9. The summed E-state index contributed by atoms with van der Waals surface area (Å²) in [5.41, 5.74) is 5.09.